The van der Waals surface area contributed by atoms with Crippen LogP contribution in [0.15, 0.2) is 18.2 Å². The Bertz CT molecular complexity index is 480. The summed E-state index contributed by atoms with van der Waals surface area (Å²) in [7, 11) is 3.75. The van der Waals surface area contributed by atoms with E-state index in [1.807, 2.05) is 25.2 Å². The topological polar surface area (TPSA) is 30.5 Å². The predicted molar refractivity (Wildman–Crippen MR) is 80.6 cm³/mol. The van der Waals surface area contributed by atoms with Gasteiger partial charge in [0.1, 0.15) is 5.75 Å². The molecule has 2 saturated heterocycles. The zero-order valence-corrected chi connectivity index (χ0v) is 12.8. The van der Waals surface area contributed by atoms with Crippen molar-refractivity contribution in [2.75, 3.05) is 14.2 Å². The number of methoxy groups -OCH3 is 1. The first-order chi connectivity index (χ1) is 9.71. The molecule has 0 radical (unpaired) electrons. The molecule has 2 heterocycles. The molecule has 0 amide bonds. The smallest absolute Gasteiger partial charge is 0.122 e. The molecular weight excluding hydrogens is 274 g/mol. The molecule has 2 fully saturated rings. The number of nitrogens with one attached hydrogen (secondary N) is 1. The Labute approximate surface area is 125 Å². The molecule has 0 spiro atoms. The number of ether oxygens (including phenoxy) is 2. The van der Waals surface area contributed by atoms with Gasteiger partial charge in [0.2, 0.25) is 0 Å². The van der Waals surface area contributed by atoms with E-state index >= 15 is 0 Å². The fraction of sp³-hybridized carbons (Fsp3) is 0.625. The molecule has 0 aromatic heterocycles. The number of fused-ring (bicyclic) bond motifs is 2. The summed E-state index contributed by atoms with van der Waals surface area (Å²) in [6.07, 6.45) is 5.47. The second kappa shape index (κ2) is 5.92. The van der Waals surface area contributed by atoms with Gasteiger partial charge in [0.05, 0.1) is 19.3 Å². The lowest BCUT2D eigenvalue weighted by molar-refractivity contribution is 0.0863. The third-order valence-corrected chi connectivity index (χ3v) is 4.96. The monoisotopic (exact) mass is 295 g/mol. The second-order valence-electron chi connectivity index (χ2n) is 5.83. The van der Waals surface area contributed by atoms with Gasteiger partial charge >= 0.3 is 0 Å². The minimum Gasteiger partial charge on any atom is -0.496 e. The van der Waals surface area contributed by atoms with E-state index < -0.39 is 0 Å². The SMILES string of the molecule is CNC(Cc1cc(Cl)ccc1OC)C1CC2CCC1O2. The molecule has 20 heavy (non-hydrogen) atoms. The molecule has 4 unspecified atom stereocenters. The van der Waals surface area contributed by atoms with Gasteiger partial charge in [-0.05, 0) is 56.5 Å². The number of hydrogen-bond donors (Lipinski definition) is 1. The molecule has 3 rings (SSSR count). The van der Waals surface area contributed by atoms with E-state index in [1.165, 1.54) is 24.8 Å². The fourth-order valence-corrected chi connectivity index (χ4v) is 3.91. The summed E-state index contributed by atoms with van der Waals surface area (Å²) in [5, 5.41) is 4.23. The van der Waals surface area contributed by atoms with Crippen molar-refractivity contribution in [3.63, 3.8) is 0 Å². The number of rotatable bonds is 5. The van der Waals surface area contributed by atoms with Crippen molar-refractivity contribution >= 4 is 11.6 Å². The number of benzene rings is 1. The highest BCUT2D eigenvalue weighted by Gasteiger charge is 2.43. The largest absolute Gasteiger partial charge is 0.496 e. The summed E-state index contributed by atoms with van der Waals surface area (Å²) in [6.45, 7) is 0. The third-order valence-electron chi connectivity index (χ3n) is 4.72. The van der Waals surface area contributed by atoms with Crippen LogP contribution in [0.4, 0.5) is 0 Å². The van der Waals surface area contributed by atoms with E-state index in [-0.39, 0.29) is 0 Å². The van der Waals surface area contributed by atoms with Crippen LogP contribution in [0.1, 0.15) is 24.8 Å². The van der Waals surface area contributed by atoms with Crippen LogP contribution in [-0.4, -0.2) is 32.4 Å². The molecule has 0 saturated carbocycles. The molecule has 1 aromatic carbocycles. The van der Waals surface area contributed by atoms with E-state index in [2.05, 4.69) is 5.32 Å². The maximum Gasteiger partial charge on any atom is 0.122 e. The van der Waals surface area contributed by atoms with Crippen molar-refractivity contribution in [3.8, 4) is 5.75 Å². The van der Waals surface area contributed by atoms with Crippen molar-refractivity contribution < 1.29 is 9.47 Å². The molecule has 0 aliphatic carbocycles. The first kappa shape index (κ1) is 14.2. The van der Waals surface area contributed by atoms with Gasteiger partial charge in [-0.25, -0.2) is 0 Å². The lowest BCUT2D eigenvalue weighted by Gasteiger charge is -2.28. The van der Waals surface area contributed by atoms with Crippen LogP contribution in [0.3, 0.4) is 0 Å². The summed E-state index contributed by atoms with van der Waals surface area (Å²) in [5.74, 6) is 1.51. The van der Waals surface area contributed by atoms with Crippen molar-refractivity contribution in [2.24, 2.45) is 5.92 Å². The third kappa shape index (κ3) is 2.67. The van der Waals surface area contributed by atoms with Crippen LogP contribution >= 0.6 is 11.6 Å². The number of hydrogen-bond acceptors (Lipinski definition) is 3. The highest BCUT2D eigenvalue weighted by molar-refractivity contribution is 6.30. The molecule has 110 valence electrons. The minimum atomic E-state index is 0.415. The predicted octanol–water partition coefficient (Wildman–Crippen LogP) is 3.05. The van der Waals surface area contributed by atoms with Gasteiger partial charge in [-0.1, -0.05) is 11.6 Å². The van der Waals surface area contributed by atoms with Crippen LogP contribution < -0.4 is 10.1 Å². The number of halogens is 1. The van der Waals surface area contributed by atoms with E-state index in [4.69, 9.17) is 21.1 Å². The Kier molecular flexibility index (Phi) is 4.20. The van der Waals surface area contributed by atoms with E-state index in [0.29, 0.717) is 24.2 Å². The molecule has 1 N–H and O–H groups in total. The standard InChI is InChI=1S/C16H22ClNO2/c1-18-14(13-9-12-4-6-16(13)20-12)8-10-7-11(17)3-5-15(10)19-2/h3,5,7,12-14,16,18H,4,6,8-9H2,1-2H3. The lowest BCUT2D eigenvalue weighted by Crippen LogP contribution is -2.40. The molecule has 2 bridgehead atoms. The van der Waals surface area contributed by atoms with Crippen molar-refractivity contribution in [3.05, 3.63) is 28.8 Å². The number of likely N-dealkylation sites (N-methyl/N-ethyl adjacent to an activating group) is 1. The maximum absolute atomic E-state index is 6.12. The Morgan fingerprint density at radius 1 is 1.45 bits per heavy atom. The Morgan fingerprint density at radius 3 is 2.90 bits per heavy atom. The quantitative estimate of drug-likeness (QED) is 0.906. The van der Waals surface area contributed by atoms with Crippen molar-refractivity contribution in [1.29, 1.82) is 0 Å². The Hall–Kier alpha value is -0.770. The molecule has 1 aromatic rings. The zero-order chi connectivity index (χ0) is 14.1. The van der Waals surface area contributed by atoms with Gasteiger partial charge in [0.15, 0.2) is 0 Å². The summed E-state index contributed by atoms with van der Waals surface area (Å²) in [5.41, 5.74) is 1.17. The normalized spacial score (nSPS) is 29.6. The van der Waals surface area contributed by atoms with Gasteiger partial charge < -0.3 is 14.8 Å². The molecule has 3 nitrogen and oxygen atoms in total. The average molecular weight is 296 g/mol. The summed E-state index contributed by atoms with van der Waals surface area (Å²) in [6, 6.07) is 6.25. The molecule has 2 aliphatic rings. The summed E-state index contributed by atoms with van der Waals surface area (Å²) in [4.78, 5) is 0. The highest BCUT2D eigenvalue weighted by atomic mass is 35.5. The van der Waals surface area contributed by atoms with Crippen molar-refractivity contribution in [1.82, 2.24) is 5.32 Å². The maximum atomic E-state index is 6.12. The van der Waals surface area contributed by atoms with Crippen LogP contribution in [0.5, 0.6) is 5.75 Å². The van der Waals surface area contributed by atoms with Gasteiger partial charge in [-0.2, -0.15) is 0 Å². The minimum absolute atomic E-state index is 0.415. The Balaban J connectivity index is 1.76. The lowest BCUT2D eigenvalue weighted by atomic mass is 9.81. The van der Waals surface area contributed by atoms with E-state index in [1.54, 1.807) is 7.11 Å². The molecule has 4 heteroatoms. The second-order valence-corrected chi connectivity index (χ2v) is 6.27. The van der Waals surface area contributed by atoms with Crippen LogP contribution in [-0.2, 0) is 11.2 Å². The first-order valence-corrected chi connectivity index (χ1v) is 7.74. The molecule has 2 aliphatic heterocycles. The highest BCUT2D eigenvalue weighted by Crippen LogP contribution is 2.41. The van der Waals surface area contributed by atoms with Crippen LogP contribution in [0.25, 0.3) is 0 Å². The van der Waals surface area contributed by atoms with Crippen LogP contribution in [0.2, 0.25) is 5.02 Å². The van der Waals surface area contributed by atoms with Crippen LogP contribution in [0, 0.1) is 5.92 Å². The first-order valence-electron chi connectivity index (χ1n) is 7.36. The van der Waals surface area contributed by atoms with Gasteiger partial charge in [-0.15, -0.1) is 0 Å². The van der Waals surface area contributed by atoms with Gasteiger partial charge in [-0.3, -0.25) is 0 Å². The fourth-order valence-electron chi connectivity index (χ4n) is 3.71. The van der Waals surface area contributed by atoms with Gasteiger partial charge in [0, 0.05) is 17.0 Å². The van der Waals surface area contributed by atoms with E-state index in [0.717, 1.165) is 17.2 Å². The van der Waals surface area contributed by atoms with Crippen molar-refractivity contribution in [2.45, 2.75) is 43.9 Å². The van der Waals surface area contributed by atoms with E-state index in [9.17, 15) is 0 Å². The van der Waals surface area contributed by atoms with Gasteiger partial charge in [0.25, 0.3) is 0 Å². The summed E-state index contributed by atoms with van der Waals surface area (Å²) < 4.78 is 11.4. The average Bonchev–Trinajstić information content (AvgIpc) is 3.07. The molecule has 4 atom stereocenters. The Morgan fingerprint density at radius 2 is 2.30 bits per heavy atom. The molecular formula is C16H22ClNO2. The summed E-state index contributed by atoms with van der Waals surface area (Å²) >= 11 is 6.12. The zero-order valence-electron chi connectivity index (χ0n) is 12.1.